The summed E-state index contributed by atoms with van der Waals surface area (Å²) in [4.78, 5) is 11.0. The molecule has 1 N–H and O–H groups in total. The highest BCUT2D eigenvalue weighted by atomic mass is 79.9. The monoisotopic (exact) mass is 488 g/mol. The van der Waals surface area contributed by atoms with E-state index in [2.05, 4.69) is 55.8 Å². The van der Waals surface area contributed by atoms with Crippen LogP contribution in [0.3, 0.4) is 0 Å². The molecule has 1 aromatic carbocycles. The number of thiophene rings is 1. The van der Waals surface area contributed by atoms with Gasteiger partial charge in [-0.25, -0.2) is 9.97 Å². The van der Waals surface area contributed by atoms with Crippen LogP contribution in [0.2, 0.25) is 0 Å². The Bertz CT molecular complexity index is 999. The molecule has 0 aliphatic carbocycles. The second kappa shape index (κ2) is 10.3. The molecule has 1 atom stereocenters. The van der Waals surface area contributed by atoms with Gasteiger partial charge >= 0.3 is 0 Å². The molecule has 0 radical (unpaired) electrons. The molecule has 1 unspecified atom stereocenters. The van der Waals surface area contributed by atoms with Crippen LogP contribution in [0.25, 0.3) is 21.3 Å². The summed E-state index contributed by atoms with van der Waals surface area (Å²) in [7, 11) is 0. The van der Waals surface area contributed by atoms with Crippen LogP contribution in [0.5, 0.6) is 0 Å². The number of aromatic nitrogens is 2. The Kier molecular flexibility index (Phi) is 8.05. The Morgan fingerprint density at radius 3 is 2.33 bits per heavy atom. The molecule has 5 heteroatoms. The van der Waals surface area contributed by atoms with Crippen molar-refractivity contribution in [3.63, 3.8) is 0 Å². The predicted molar refractivity (Wildman–Crippen MR) is 133 cm³/mol. The molecule has 0 spiro atoms. The number of halogens is 1. The second-order valence-electron chi connectivity index (χ2n) is 8.40. The van der Waals surface area contributed by atoms with Gasteiger partial charge in [-0.2, -0.15) is 0 Å². The molecule has 2 aromatic heterocycles. The third-order valence-corrected chi connectivity index (χ3v) is 7.50. The Morgan fingerprint density at radius 2 is 1.70 bits per heavy atom. The number of aryl methyl sites for hydroxylation is 5. The number of benzene rings is 1. The van der Waals surface area contributed by atoms with E-state index in [0.29, 0.717) is 12.5 Å². The normalized spacial score (nSPS) is 12.6. The number of aliphatic hydroxyl groups excluding tert-OH is 1. The smallest absolute Gasteiger partial charge is 0.126 e. The molecule has 3 aromatic rings. The van der Waals surface area contributed by atoms with Crippen LogP contribution < -0.4 is 0 Å². The summed E-state index contributed by atoms with van der Waals surface area (Å²) in [6, 6.07) is 4.38. The quantitative estimate of drug-likeness (QED) is 0.339. The minimum absolute atomic E-state index is 0.293. The molecule has 0 fully saturated rings. The van der Waals surface area contributed by atoms with Crippen molar-refractivity contribution in [2.45, 2.75) is 73.1 Å². The molecule has 3 nitrogen and oxygen atoms in total. The number of fused-ring (bicyclic) bond motifs is 1. The van der Waals surface area contributed by atoms with E-state index in [-0.39, 0.29) is 0 Å². The van der Waals surface area contributed by atoms with Crippen molar-refractivity contribution in [2.24, 2.45) is 5.92 Å². The van der Waals surface area contributed by atoms with Crippen molar-refractivity contribution < 1.29 is 5.11 Å². The first-order chi connectivity index (χ1) is 14.3. The molecule has 0 saturated heterocycles. The lowest BCUT2D eigenvalue weighted by molar-refractivity contribution is 0.244. The Balaban J connectivity index is 1.97. The summed E-state index contributed by atoms with van der Waals surface area (Å²) in [6.07, 6.45) is 6.53. The molecule has 30 heavy (non-hydrogen) atoms. The molecule has 0 aliphatic heterocycles. The van der Waals surface area contributed by atoms with Gasteiger partial charge in [0.1, 0.15) is 5.82 Å². The van der Waals surface area contributed by atoms with E-state index in [1.807, 2.05) is 18.3 Å². The number of rotatable bonds is 9. The van der Waals surface area contributed by atoms with Gasteiger partial charge in [0.05, 0.1) is 15.9 Å². The van der Waals surface area contributed by atoms with Crippen molar-refractivity contribution in [3.05, 3.63) is 44.1 Å². The lowest BCUT2D eigenvalue weighted by Gasteiger charge is -2.14. The van der Waals surface area contributed by atoms with E-state index in [0.717, 1.165) is 41.5 Å². The van der Waals surface area contributed by atoms with Gasteiger partial charge in [-0.1, -0.05) is 35.7 Å². The Morgan fingerprint density at radius 1 is 1.00 bits per heavy atom. The van der Waals surface area contributed by atoms with Crippen molar-refractivity contribution in [2.75, 3.05) is 6.61 Å². The van der Waals surface area contributed by atoms with Crippen molar-refractivity contribution in [3.8, 4) is 11.1 Å². The predicted octanol–water partition coefficient (Wildman–Crippen LogP) is 7.48. The number of nitrogens with zero attached hydrogens (tertiary/aromatic N) is 2. The van der Waals surface area contributed by atoms with Crippen molar-refractivity contribution in [1.29, 1.82) is 0 Å². The summed E-state index contributed by atoms with van der Waals surface area (Å²) < 4.78 is 2.36. The summed E-state index contributed by atoms with van der Waals surface area (Å²) in [5.41, 5.74) is 7.41. The fourth-order valence-electron chi connectivity index (χ4n) is 4.62. The number of hydrogen-bond donors (Lipinski definition) is 1. The molecule has 2 heterocycles. The van der Waals surface area contributed by atoms with Crippen LogP contribution in [0.1, 0.15) is 66.6 Å². The summed E-state index contributed by atoms with van der Waals surface area (Å²) in [5, 5.41) is 9.34. The maximum absolute atomic E-state index is 9.34. The van der Waals surface area contributed by atoms with E-state index in [1.165, 1.54) is 50.4 Å². The first-order valence-corrected chi connectivity index (χ1v) is 12.6. The lowest BCUT2D eigenvalue weighted by Crippen LogP contribution is -2.04. The Hall–Kier alpha value is -1.30. The molecular weight excluding hydrogens is 456 g/mol. The van der Waals surface area contributed by atoms with Crippen LogP contribution in [0.15, 0.2) is 16.6 Å². The molecule has 0 bridgehead atoms. The highest BCUT2D eigenvalue weighted by Crippen LogP contribution is 2.42. The van der Waals surface area contributed by atoms with Crippen molar-refractivity contribution in [1.82, 2.24) is 9.97 Å². The third-order valence-electron chi connectivity index (χ3n) is 5.90. The topological polar surface area (TPSA) is 46.0 Å². The zero-order valence-corrected chi connectivity index (χ0v) is 21.2. The van der Waals surface area contributed by atoms with E-state index in [4.69, 9.17) is 9.97 Å². The maximum atomic E-state index is 9.34. The van der Waals surface area contributed by atoms with Gasteiger partial charge in [0, 0.05) is 21.5 Å². The highest BCUT2D eigenvalue weighted by molar-refractivity contribution is 9.10. The average Bonchev–Trinajstić information content (AvgIpc) is 2.97. The molecule has 3 rings (SSSR count). The van der Waals surface area contributed by atoms with Gasteiger partial charge in [0.25, 0.3) is 0 Å². The summed E-state index contributed by atoms with van der Waals surface area (Å²) >= 11 is 5.46. The molecule has 0 aliphatic rings. The third kappa shape index (κ3) is 5.12. The van der Waals surface area contributed by atoms with Gasteiger partial charge in [-0.15, -0.1) is 11.3 Å². The first-order valence-electron chi connectivity index (χ1n) is 11.0. The van der Waals surface area contributed by atoms with Gasteiger partial charge < -0.3 is 5.11 Å². The average molecular weight is 490 g/mol. The van der Waals surface area contributed by atoms with Crippen LogP contribution in [-0.4, -0.2) is 21.7 Å². The molecular formula is C25H33BrN2OS. The highest BCUT2D eigenvalue weighted by Gasteiger charge is 2.20. The standard InChI is InChI=1S/C25H33BrN2OS/c1-6-8-19(11-12-29)9-7-10-21-25-24(28-18(5)27-21)23(17(4)30-25)22-15(2)13-20(26)14-16(22)3/h13-14,19,29H,6-12H2,1-5H3. The van der Waals surface area contributed by atoms with Gasteiger partial charge in [0.2, 0.25) is 0 Å². The SMILES string of the molecule is CCCC(CCO)CCCc1nc(C)nc2c(-c3c(C)cc(Br)cc3C)c(C)sc12. The minimum Gasteiger partial charge on any atom is -0.396 e. The summed E-state index contributed by atoms with van der Waals surface area (Å²) in [6.45, 7) is 11.1. The van der Waals surface area contributed by atoms with E-state index < -0.39 is 0 Å². The second-order valence-corrected chi connectivity index (χ2v) is 10.5. The zero-order chi connectivity index (χ0) is 21.8. The fraction of sp³-hybridized carbons (Fsp3) is 0.520. The zero-order valence-electron chi connectivity index (χ0n) is 18.8. The fourth-order valence-corrected chi connectivity index (χ4v) is 6.42. The van der Waals surface area contributed by atoms with Gasteiger partial charge in [0.15, 0.2) is 0 Å². The van der Waals surface area contributed by atoms with E-state index in [9.17, 15) is 5.11 Å². The van der Waals surface area contributed by atoms with Gasteiger partial charge in [-0.3, -0.25) is 0 Å². The molecule has 162 valence electrons. The van der Waals surface area contributed by atoms with E-state index in [1.54, 1.807) is 0 Å². The summed E-state index contributed by atoms with van der Waals surface area (Å²) in [5.74, 6) is 1.47. The lowest BCUT2D eigenvalue weighted by atomic mass is 9.93. The van der Waals surface area contributed by atoms with Crippen LogP contribution in [0.4, 0.5) is 0 Å². The number of hydrogen-bond acceptors (Lipinski definition) is 4. The first kappa shape index (κ1) is 23.4. The molecule has 0 saturated carbocycles. The maximum Gasteiger partial charge on any atom is 0.126 e. The Labute approximate surface area is 193 Å². The molecule has 0 amide bonds. The van der Waals surface area contributed by atoms with E-state index >= 15 is 0 Å². The minimum atomic E-state index is 0.293. The van der Waals surface area contributed by atoms with Crippen molar-refractivity contribution >= 4 is 37.5 Å². The van der Waals surface area contributed by atoms with Crippen LogP contribution >= 0.6 is 27.3 Å². The van der Waals surface area contributed by atoms with Crippen LogP contribution in [-0.2, 0) is 6.42 Å². The van der Waals surface area contributed by atoms with Crippen LogP contribution in [0, 0.1) is 33.6 Å². The number of aliphatic hydroxyl groups is 1. The van der Waals surface area contributed by atoms with Gasteiger partial charge in [-0.05, 0) is 88.1 Å². The largest absolute Gasteiger partial charge is 0.396 e.